The van der Waals surface area contributed by atoms with Gasteiger partial charge in [-0.1, -0.05) is 30.3 Å². The molecule has 0 bridgehead atoms. The van der Waals surface area contributed by atoms with E-state index in [1.807, 2.05) is 49.2 Å². The van der Waals surface area contributed by atoms with Gasteiger partial charge < -0.3 is 19.3 Å². The largest absolute Gasteiger partial charge is 0.388 e. The van der Waals surface area contributed by atoms with Crippen LogP contribution in [0.15, 0.2) is 30.3 Å². The van der Waals surface area contributed by atoms with Crippen LogP contribution >= 0.6 is 0 Å². The Hall–Kier alpha value is -1.02. The van der Waals surface area contributed by atoms with Crippen molar-refractivity contribution in [2.45, 2.75) is 50.5 Å². The maximum absolute atomic E-state index is 10.2. The quantitative estimate of drug-likeness (QED) is 0.902. The average Bonchev–Trinajstić information content (AvgIpc) is 2.89. The molecule has 2 aliphatic rings. The zero-order valence-corrected chi connectivity index (χ0v) is 13.8. The van der Waals surface area contributed by atoms with E-state index in [0.29, 0.717) is 13.2 Å². The highest BCUT2D eigenvalue weighted by atomic mass is 16.8. The minimum Gasteiger partial charge on any atom is -0.388 e. The van der Waals surface area contributed by atoms with Crippen molar-refractivity contribution in [2.24, 2.45) is 0 Å². The molecule has 0 unspecified atom stereocenters. The van der Waals surface area contributed by atoms with E-state index in [2.05, 4.69) is 0 Å². The topological polar surface area (TPSA) is 60.4 Å². The monoisotopic (exact) mass is 323 g/mol. The first-order chi connectivity index (χ1) is 11.0. The van der Waals surface area contributed by atoms with Gasteiger partial charge in [-0.2, -0.15) is 5.06 Å². The maximum atomic E-state index is 10.2. The van der Waals surface area contributed by atoms with Gasteiger partial charge in [0.05, 0.1) is 19.3 Å². The van der Waals surface area contributed by atoms with Crippen LogP contribution < -0.4 is 0 Å². The molecule has 1 aromatic carbocycles. The standard InChI is InChI=1S/C17H25NO5/c1-17(2)21-11-14(23-17)15-16(20-3)13(19)10-22-18(15)9-12-7-5-4-6-8-12/h4-8,13-16,19H,9-11H2,1-3H3/t13-,14+,15+,16+/m0/s1. The van der Waals surface area contributed by atoms with E-state index in [1.165, 1.54) is 0 Å². The summed E-state index contributed by atoms with van der Waals surface area (Å²) in [7, 11) is 1.61. The predicted octanol–water partition coefficient (Wildman–Crippen LogP) is 1.33. The number of aliphatic hydroxyl groups excluding tert-OH is 1. The van der Waals surface area contributed by atoms with Gasteiger partial charge in [0.2, 0.25) is 0 Å². The van der Waals surface area contributed by atoms with Gasteiger partial charge in [-0.05, 0) is 19.4 Å². The van der Waals surface area contributed by atoms with Crippen molar-refractivity contribution in [3.05, 3.63) is 35.9 Å². The molecule has 2 saturated heterocycles. The van der Waals surface area contributed by atoms with Crippen LogP contribution in [0.4, 0.5) is 0 Å². The highest BCUT2D eigenvalue weighted by molar-refractivity contribution is 5.14. The molecule has 23 heavy (non-hydrogen) atoms. The second-order valence-corrected chi connectivity index (χ2v) is 6.48. The number of hydroxylamine groups is 2. The summed E-state index contributed by atoms with van der Waals surface area (Å²) < 4.78 is 17.3. The molecule has 2 aliphatic heterocycles. The molecule has 1 N–H and O–H groups in total. The Bertz CT molecular complexity index is 509. The fourth-order valence-corrected chi connectivity index (χ4v) is 3.24. The van der Waals surface area contributed by atoms with E-state index < -0.39 is 18.0 Å². The van der Waals surface area contributed by atoms with Crippen LogP contribution in [0.5, 0.6) is 0 Å². The number of rotatable bonds is 4. The number of methoxy groups -OCH3 is 1. The third-order valence-corrected chi connectivity index (χ3v) is 4.32. The molecule has 128 valence electrons. The molecule has 6 heteroatoms. The molecular formula is C17H25NO5. The summed E-state index contributed by atoms with van der Waals surface area (Å²) in [4.78, 5) is 5.79. The van der Waals surface area contributed by atoms with Crippen LogP contribution in [-0.2, 0) is 25.6 Å². The Balaban J connectivity index is 1.81. The van der Waals surface area contributed by atoms with Crippen LogP contribution in [0.3, 0.4) is 0 Å². The third-order valence-electron chi connectivity index (χ3n) is 4.32. The zero-order valence-electron chi connectivity index (χ0n) is 13.8. The molecule has 0 aliphatic carbocycles. The van der Waals surface area contributed by atoms with Gasteiger partial charge in [0, 0.05) is 13.7 Å². The highest BCUT2D eigenvalue weighted by Crippen LogP contribution is 2.32. The van der Waals surface area contributed by atoms with Crippen molar-refractivity contribution in [1.82, 2.24) is 5.06 Å². The van der Waals surface area contributed by atoms with Crippen LogP contribution in [0, 0.1) is 0 Å². The van der Waals surface area contributed by atoms with Crippen molar-refractivity contribution in [3.8, 4) is 0 Å². The van der Waals surface area contributed by atoms with E-state index >= 15 is 0 Å². The molecule has 0 spiro atoms. The minimum atomic E-state index is -0.690. The lowest BCUT2D eigenvalue weighted by molar-refractivity contribution is -0.300. The molecule has 1 aromatic rings. The van der Waals surface area contributed by atoms with Gasteiger partial charge in [-0.15, -0.1) is 0 Å². The van der Waals surface area contributed by atoms with Crippen molar-refractivity contribution in [2.75, 3.05) is 20.3 Å². The van der Waals surface area contributed by atoms with Crippen molar-refractivity contribution in [1.29, 1.82) is 0 Å². The summed E-state index contributed by atoms with van der Waals surface area (Å²) in [5, 5.41) is 12.1. The Morgan fingerprint density at radius 1 is 1.26 bits per heavy atom. The Labute approximate surface area is 136 Å². The summed E-state index contributed by atoms with van der Waals surface area (Å²) in [6.07, 6.45) is -1.31. The fraction of sp³-hybridized carbons (Fsp3) is 0.647. The van der Waals surface area contributed by atoms with Gasteiger partial charge in [0.15, 0.2) is 5.79 Å². The molecule has 2 heterocycles. The van der Waals surface area contributed by atoms with Crippen molar-refractivity contribution >= 4 is 0 Å². The van der Waals surface area contributed by atoms with E-state index in [4.69, 9.17) is 19.0 Å². The lowest BCUT2D eigenvalue weighted by atomic mass is 9.98. The van der Waals surface area contributed by atoms with Gasteiger partial charge in [-0.25, -0.2) is 0 Å². The van der Waals surface area contributed by atoms with E-state index in [0.717, 1.165) is 5.56 Å². The smallest absolute Gasteiger partial charge is 0.163 e. The summed E-state index contributed by atoms with van der Waals surface area (Å²) >= 11 is 0. The van der Waals surface area contributed by atoms with Crippen LogP contribution in [0.25, 0.3) is 0 Å². The SMILES string of the molecule is CO[C@H]1[C@@H]([C@H]2COC(C)(C)O2)N(Cc2ccccc2)OC[C@@H]1O. The molecule has 2 fully saturated rings. The normalized spacial score (nSPS) is 34.6. The molecule has 4 atom stereocenters. The lowest BCUT2D eigenvalue weighted by Gasteiger charge is -2.44. The number of ether oxygens (including phenoxy) is 3. The van der Waals surface area contributed by atoms with E-state index in [1.54, 1.807) is 7.11 Å². The zero-order chi connectivity index (χ0) is 16.4. The Morgan fingerprint density at radius 2 is 2.00 bits per heavy atom. The molecule has 0 amide bonds. The number of hydrogen-bond donors (Lipinski definition) is 1. The molecular weight excluding hydrogens is 298 g/mol. The molecule has 6 nitrogen and oxygen atoms in total. The van der Waals surface area contributed by atoms with Crippen LogP contribution in [-0.4, -0.2) is 60.6 Å². The molecule has 0 aromatic heterocycles. The van der Waals surface area contributed by atoms with Gasteiger partial charge >= 0.3 is 0 Å². The third kappa shape index (κ3) is 3.74. The highest BCUT2D eigenvalue weighted by Gasteiger charge is 2.48. The average molecular weight is 323 g/mol. The van der Waals surface area contributed by atoms with Crippen LogP contribution in [0.2, 0.25) is 0 Å². The molecule has 3 rings (SSSR count). The van der Waals surface area contributed by atoms with Crippen molar-refractivity contribution in [3.63, 3.8) is 0 Å². The Kier molecular flexibility index (Phi) is 5.01. The minimum absolute atomic E-state index is 0.207. The maximum Gasteiger partial charge on any atom is 0.163 e. The second kappa shape index (κ2) is 6.84. The lowest BCUT2D eigenvalue weighted by Crippen LogP contribution is -2.61. The molecule has 0 saturated carbocycles. The fourth-order valence-electron chi connectivity index (χ4n) is 3.24. The van der Waals surface area contributed by atoms with E-state index in [9.17, 15) is 5.11 Å². The first-order valence-corrected chi connectivity index (χ1v) is 7.96. The summed E-state index contributed by atoms with van der Waals surface area (Å²) in [5.41, 5.74) is 1.13. The number of hydrogen-bond acceptors (Lipinski definition) is 6. The van der Waals surface area contributed by atoms with Gasteiger partial charge in [0.25, 0.3) is 0 Å². The van der Waals surface area contributed by atoms with Crippen molar-refractivity contribution < 1.29 is 24.2 Å². The number of aliphatic hydroxyl groups is 1. The van der Waals surface area contributed by atoms with E-state index in [-0.39, 0.29) is 18.8 Å². The first-order valence-electron chi connectivity index (χ1n) is 7.96. The summed E-state index contributed by atoms with van der Waals surface area (Å²) in [6, 6.07) is 9.82. The predicted molar refractivity (Wildman–Crippen MR) is 83.4 cm³/mol. The summed E-state index contributed by atoms with van der Waals surface area (Å²) in [5.74, 6) is -0.635. The van der Waals surface area contributed by atoms with Crippen LogP contribution in [0.1, 0.15) is 19.4 Å². The van der Waals surface area contributed by atoms with Gasteiger partial charge in [-0.3, -0.25) is 4.84 Å². The number of nitrogens with zero attached hydrogens (tertiary/aromatic N) is 1. The molecule has 0 radical (unpaired) electrons. The second-order valence-electron chi connectivity index (χ2n) is 6.48. The van der Waals surface area contributed by atoms with Gasteiger partial charge in [0.1, 0.15) is 18.3 Å². The number of benzene rings is 1. The Morgan fingerprint density at radius 3 is 2.61 bits per heavy atom. The first kappa shape index (κ1) is 16.8. The summed E-state index contributed by atoms with van der Waals surface area (Å²) in [6.45, 7) is 5.02.